The molecule has 114 valence electrons. The molecule has 1 aliphatic rings. The number of anilines is 1. The molecule has 0 bridgehead atoms. The first-order valence-corrected chi connectivity index (χ1v) is 7.54. The zero-order valence-corrected chi connectivity index (χ0v) is 12.4. The van der Waals surface area contributed by atoms with Gasteiger partial charge in [0, 0.05) is 43.8 Å². The lowest BCUT2D eigenvalue weighted by Crippen LogP contribution is -2.54. The van der Waals surface area contributed by atoms with Crippen LogP contribution in [0.2, 0.25) is 0 Å². The van der Waals surface area contributed by atoms with Gasteiger partial charge < -0.3 is 15.5 Å². The van der Waals surface area contributed by atoms with E-state index in [9.17, 15) is 4.79 Å². The zero-order chi connectivity index (χ0) is 15.2. The van der Waals surface area contributed by atoms with E-state index < -0.39 is 0 Å². The molecule has 2 N–H and O–H groups in total. The van der Waals surface area contributed by atoms with Crippen molar-refractivity contribution in [2.75, 3.05) is 25.0 Å². The van der Waals surface area contributed by atoms with E-state index in [0.717, 1.165) is 25.2 Å². The third kappa shape index (κ3) is 3.83. The number of rotatable bonds is 3. The second-order valence-electron chi connectivity index (χ2n) is 5.45. The van der Waals surface area contributed by atoms with Gasteiger partial charge in [-0.2, -0.15) is 0 Å². The molecule has 2 amide bonds. The summed E-state index contributed by atoms with van der Waals surface area (Å²) in [6.07, 6.45) is 4.27. The van der Waals surface area contributed by atoms with Crippen LogP contribution in [0, 0.1) is 0 Å². The average Bonchev–Trinajstić information content (AvgIpc) is 2.57. The van der Waals surface area contributed by atoms with Crippen molar-refractivity contribution in [3.63, 3.8) is 0 Å². The Labute approximate surface area is 130 Å². The van der Waals surface area contributed by atoms with Crippen molar-refractivity contribution in [1.29, 1.82) is 0 Å². The topological polar surface area (TPSA) is 57.3 Å². The normalized spacial score (nSPS) is 18.0. The smallest absolute Gasteiger partial charge is 0.321 e. The lowest BCUT2D eigenvalue weighted by atomic mass is 10.0. The van der Waals surface area contributed by atoms with E-state index in [1.165, 1.54) is 5.56 Å². The Kier molecular flexibility index (Phi) is 4.65. The molecular weight excluding hydrogens is 276 g/mol. The van der Waals surface area contributed by atoms with Crippen LogP contribution < -0.4 is 10.6 Å². The average molecular weight is 296 g/mol. The largest absolute Gasteiger partial charge is 0.322 e. The maximum absolute atomic E-state index is 12.3. The number of piperazine rings is 1. The number of benzene rings is 1. The summed E-state index contributed by atoms with van der Waals surface area (Å²) in [7, 11) is 0. The van der Waals surface area contributed by atoms with Crippen molar-refractivity contribution >= 4 is 11.7 Å². The Bertz CT molecular complexity index is 603. The predicted molar refractivity (Wildman–Crippen MR) is 86.8 cm³/mol. The van der Waals surface area contributed by atoms with Crippen molar-refractivity contribution in [1.82, 2.24) is 15.2 Å². The molecule has 22 heavy (non-hydrogen) atoms. The summed E-state index contributed by atoms with van der Waals surface area (Å²) in [5.41, 5.74) is 2.06. The Morgan fingerprint density at radius 1 is 1.23 bits per heavy atom. The van der Waals surface area contributed by atoms with Gasteiger partial charge in [-0.3, -0.25) is 4.98 Å². The monoisotopic (exact) mass is 296 g/mol. The molecule has 0 saturated carbocycles. The van der Waals surface area contributed by atoms with Crippen LogP contribution in [-0.2, 0) is 6.42 Å². The molecular formula is C17H20N4O. The van der Waals surface area contributed by atoms with E-state index in [1.54, 1.807) is 24.5 Å². The van der Waals surface area contributed by atoms with Gasteiger partial charge in [0.15, 0.2) is 0 Å². The molecule has 1 aliphatic heterocycles. The van der Waals surface area contributed by atoms with Gasteiger partial charge in [0.25, 0.3) is 0 Å². The van der Waals surface area contributed by atoms with Gasteiger partial charge in [0.1, 0.15) is 0 Å². The van der Waals surface area contributed by atoms with Crippen LogP contribution in [-0.4, -0.2) is 41.6 Å². The zero-order valence-electron chi connectivity index (χ0n) is 12.4. The molecule has 1 unspecified atom stereocenters. The number of hydrogen-bond donors (Lipinski definition) is 2. The second kappa shape index (κ2) is 7.04. The fraction of sp³-hybridized carbons (Fsp3) is 0.294. The number of hydrogen-bond acceptors (Lipinski definition) is 3. The molecule has 0 spiro atoms. The Morgan fingerprint density at radius 3 is 2.77 bits per heavy atom. The van der Waals surface area contributed by atoms with Crippen LogP contribution in [0.3, 0.4) is 0 Å². The summed E-state index contributed by atoms with van der Waals surface area (Å²) in [6, 6.07) is 14.2. The fourth-order valence-electron chi connectivity index (χ4n) is 2.68. The molecule has 2 aromatic rings. The van der Waals surface area contributed by atoms with Gasteiger partial charge in [-0.15, -0.1) is 0 Å². The second-order valence-corrected chi connectivity index (χ2v) is 5.45. The molecule has 5 heteroatoms. The third-order valence-electron chi connectivity index (χ3n) is 3.80. The Balaban J connectivity index is 1.57. The van der Waals surface area contributed by atoms with E-state index in [4.69, 9.17) is 0 Å². The highest BCUT2D eigenvalue weighted by atomic mass is 16.2. The molecule has 1 atom stereocenters. The van der Waals surface area contributed by atoms with Gasteiger partial charge in [-0.1, -0.05) is 30.3 Å². The third-order valence-corrected chi connectivity index (χ3v) is 3.80. The number of pyridine rings is 1. The number of carbonyl (C=O) groups is 1. The lowest BCUT2D eigenvalue weighted by Gasteiger charge is -2.33. The quantitative estimate of drug-likeness (QED) is 0.912. The predicted octanol–water partition coefficient (Wildman–Crippen LogP) is 2.13. The number of carbonyl (C=O) groups excluding carboxylic acids is 1. The Hall–Kier alpha value is -2.40. The van der Waals surface area contributed by atoms with Crippen LogP contribution in [0.25, 0.3) is 0 Å². The van der Waals surface area contributed by atoms with Gasteiger partial charge in [0.2, 0.25) is 0 Å². The molecule has 0 aliphatic carbocycles. The van der Waals surface area contributed by atoms with Crippen LogP contribution >= 0.6 is 0 Å². The van der Waals surface area contributed by atoms with Crippen molar-refractivity contribution in [2.24, 2.45) is 0 Å². The van der Waals surface area contributed by atoms with E-state index in [0.29, 0.717) is 12.6 Å². The highest BCUT2D eigenvalue weighted by Crippen LogP contribution is 2.10. The number of urea groups is 1. The van der Waals surface area contributed by atoms with E-state index >= 15 is 0 Å². The minimum absolute atomic E-state index is 0.0502. The van der Waals surface area contributed by atoms with Crippen LogP contribution in [0.5, 0.6) is 0 Å². The van der Waals surface area contributed by atoms with Crippen molar-refractivity contribution < 1.29 is 4.79 Å². The highest BCUT2D eigenvalue weighted by molar-refractivity contribution is 5.89. The number of nitrogens with zero attached hydrogens (tertiary/aromatic N) is 2. The standard InChI is InChI=1S/C17H20N4O/c22-17(20-15-6-8-18-9-7-15)21-11-10-19-16(13-21)12-14-4-2-1-3-5-14/h1-9,16,19H,10-13H2,(H,18,20,22). The van der Waals surface area contributed by atoms with Crippen molar-refractivity contribution in [2.45, 2.75) is 12.5 Å². The molecule has 2 heterocycles. The first-order chi connectivity index (χ1) is 10.8. The molecule has 3 rings (SSSR count). The molecule has 1 saturated heterocycles. The van der Waals surface area contributed by atoms with Gasteiger partial charge in [-0.05, 0) is 24.1 Å². The fourth-order valence-corrected chi connectivity index (χ4v) is 2.68. The first kappa shape index (κ1) is 14.5. The maximum Gasteiger partial charge on any atom is 0.321 e. The van der Waals surface area contributed by atoms with Crippen molar-refractivity contribution in [3.05, 3.63) is 60.4 Å². The maximum atomic E-state index is 12.3. The van der Waals surface area contributed by atoms with E-state index in [-0.39, 0.29) is 6.03 Å². The molecule has 0 radical (unpaired) electrons. The van der Waals surface area contributed by atoms with Crippen LogP contribution in [0.15, 0.2) is 54.9 Å². The number of amides is 2. The van der Waals surface area contributed by atoms with Gasteiger partial charge in [0.05, 0.1) is 0 Å². The SMILES string of the molecule is O=C(Nc1ccncc1)N1CCNC(Cc2ccccc2)C1. The summed E-state index contributed by atoms with van der Waals surface area (Å²) in [4.78, 5) is 18.1. The first-order valence-electron chi connectivity index (χ1n) is 7.54. The Morgan fingerprint density at radius 2 is 2.00 bits per heavy atom. The lowest BCUT2D eigenvalue weighted by molar-refractivity contribution is 0.189. The van der Waals surface area contributed by atoms with Gasteiger partial charge >= 0.3 is 6.03 Å². The summed E-state index contributed by atoms with van der Waals surface area (Å²) in [6.45, 7) is 2.26. The summed E-state index contributed by atoms with van der Waals surface area (Å²) in [5, 5.41) is 6.40. The summed E-state index contributed by atoms with van der Waals surface area (Å²) >= 11 is 0. The van der Waals surface area contributed by atoms with Gasteiger partial charge in [-0.25, -0.2) is 4.79 Å². The highest BCUT2D eigenvalue weighted by Gasteiger charge is 2.23. The number of nitrogens with one attached hydrogen (secondary N) is 2. The van der Waals surface area contributed by atoms with E-state index in [2.05, 4.69) is 27.8 Å². The minimum Gasteiger partial charge on any atom is -0.322 e. The number of aromatic nitrogens is 1. The molecule has 1 aromatic heterocycles. The van der Waals surface area contributed by atoms with Crippen LogP contribution in [0.1, 0.15) is 5.56 Å². The molecule has 5 nitrogen and oxygen atoms in total. The van der Waals surface area contributed by atoms with Crippen LogP contribution in [0.4, 0.5) is 10.5 Å². The van der Waals surface area contributed by atoms with Crippen molar-refractivity contribution in [3.8, 4) is 0 Å². The molecule has 1 aromatic carbocycles. The van der Waals surface area contributed by atoms with E-state index in [1.807, 2.05) is 23.1 Å². The molecule has 1 fully saturated rings. The summed E-state index contributed by atoms with van der Waals surface area (Å²) < 4.78 is 0. The summed E-state index contributed by atoms with van der Waals surface area (Å²) in [5.74, 6) is 0. The minimum atomic E-state index is -0.0502.